The van der Waals surface area contributed by atoms with E-state index in [9.17, 15) is 19.5 Å². The normalized spacial score (nSPS) is 29.0. The molecule has 4 aliphatic rings. The van der Waals surface area contributed by atoms with Crippen molar-refractivity contribution in [3.63, 3.8) is 0 Å². The molecular weight excluding hydrogens is 550 g/mol. The Labute approximate surface area is 248 Å². The summed E-state index contributed by atoms with van der Waals surface area (Å²) in [6.07, 6.45) is 2.64. The van der Waals surface area contributed by atoms with Gasteiger partial charge in [0.1, 0.15) is 5.75 Å². The number of nitrogens with zero attached hydrogens (tertiary/aromatic N) is 2. The number of likely N-dealkylation sites (tertiary alicyclic amines) is 1. The highest BCUT2D eigenvalue weighted by atomic mass is 28.3. The summed E-state index contributed by atoms with van der Waals surface area (Å²) in [6.45, 7) is 7.88. The number of methoxy groups -OCH3 is 1. The number of nitrogens with one attached hydrogen (secondary N) is 1. The molecule has 5 atom stereocenters. The Balaban J connectivity index is 1.42. The van der Waals surface area contributed by atoms with Crippen molar-refractivity contribution in [1.29, 1.82) is 0 Å². The molecule has 2 aromatic rings. The molecule has 10 heteroatoms. The summed E-state index contributed by atoms with van der Waals surface area (Å²) in [7, 11) is -0.733. The molecule has 3 saturated heterocycles. The maximum Gasteiger partial charge on any atom is 0.261 e. The van der Waals surface area contributed by atoms with E-state index < -0.39 is 19.8 Å². The quantitative estimate of drug-likeness (QED) is 0.478. The van der Waals surface area contributed by atoms with Crippen LogP contribution in [0.5, 0.6) is 5.75 Å². The Morgan fingerprint density at radius 3 is 2.57 bits per heavy atom. The molecule has 0 unspecified atom stereocenters. The van der Waals surface area contributed by atoms with Crippen LogP contribution in [-0.4, -0.2) is 74.8 Å². The van der Waals surface area contributed by atoms with E-state index in [1.54, 1.807) is 16.9 Å². The van der Waals surface area contributed by atoms with Gasteiger partial charge in [0, 0.05) is 42.4 Å². The second-order valence-corrected chi connectivity index (χ2v) is 17.4. The molecule has 6 rings (SSSR count). The van der Waals surface area contributed by atoms with Crippen LogP contribution in [0.4, 0.5) is 11.4 Å². The molecule has 0 aliphatic carbocycles. The first-order chi connectivity index (χ1) is 20.1. The fraction of sp³-hybridized carbons (Fsp3) is 0.531. The van der Waals surface area contributed by atoms with Gasteiger partial charge in [0.25, 0.3) is 5.91 Å². The number of fused-ring (bicyclic) bond motifs is 2. The van der Waals surface area contributed by atoms with Crippen LogP contribution in [0.3, 0.4) is 0 Å². The van der Waals surface area contributed by atoms with Gasteiger partial charge >= 0.3 is 0 Å². The van der Waals surface area contributed by atoms with Crippen LogP contribution in [0.2, 0.25) is 18.6 Å². The van der Waals surface area contributed by atoms with Crippen LogP contribution in [-0.2, 0) is 24.7 Å². The molecule has 224 valence electrons. The zero-order valence-corrected chi connectivity index (χ0v) is 25.9. The van der Waals surface area contributed by atoms with E-state index in [4.69, 9.17) is 9.47 Å². The Morgan fingerprint density at radius 2 is 1.90 bits per heavy atom. The summed E-state index contributed by atoms with van der Waals surface area (Å²) in [5.74, 6) is 0.362. The topological polar surface area (TPSA) is 108 Å². The summed E-state index contributed by atoms with van der Waals surface area (Å²) in [4.78, 5) is 43.9. The van der Waals surface area contributed by atoms with Crippen molar-refractivity contribution < 1.29 is 29.0 Å². The van der Waals surface area contributed by atoms with Gasteiger partial charge in [-0.15, -0.1) is 0 Å². The van der Waals surface area contributed by atoms with Crippen LogP contribution in [0, 0.1) is 5.92 Å². The first-order valence-corrected chi connectivity index (χ1v) is 18.2. The predicted molar refractivity (Wildman–Crippen MR) is 163 cm³/mol. The minimum absolute atomic E-state index is 0.0413. The summed E-state index contributed by atoms with van der Waals surface area (Å²) in [5, 5.41) is 14.2. The third kappa shape index (κ3) is 4.46. The van der Waals surface area contributed by atoms with Gasteiger partial charge in [-0.2, -0.15) is 0 Å². The number of aliphatic hydroxyl groups excluding tert-OH is 1. The van der Waals surface area contributed by atoms with Crippen molar-refractivity contribution >= 4 is 42.4 Å². The van der Waals surface area contributed by atoms with E-state index in [-0.39, 0.29) is 48.3 Å². The third-order valence-corrected chi connectivity index (χ3v) is 14.6. The Bertz CT molecular complexity index is 1400. The second kappa shape index (κ2) is 10.8. The number of aliphatic hydroxyl groups is 1. The summed E-state index contributed by atoms with van der Waals surface area (Å²) in [6, 6.07) is 13.7. The Morgan fingerprint density at radius 1 is 1.14 bits per heavy atom. The number of hydrogen-bond donors (Lipinski definition) is 2. The lowest BCUT2D eigenvalue weighted by Gasteiger charge is -2.37. The van der Waals surface area contributed by atoms with Crippen molar-refractivity contribution in [2.45, 2.75) is 75.4 Å². The van der Waals surface area contributed by atoms with Gasteiger partial charge in [-0.05, 0) is 55.1 Å². The van der Waals surface area contributed by atoms with Crippen LogP contribution in [0.1, 0.15) is 44.6 Å². The van der Waals surface area contributed by atoms with Gasteiger partial charge in [0.15, 0.2) is 5.60 Å². The first kappa shape index (κ1) is 28.9. The lowest BCUT2D eigenvalue weighted by molar-refractivity contribution is -0.148. The smallest absolute Gasteiger partial charge is 0.261 e. The Hall–Kier alpha value is -3.21. The number of carbonyl (C=O) groups excluding carboxylic acids is 3. The van der Waals surface area contributed by atoms with Crippen molar-refractivity contribution in [3.05, 3.63) is 48.0 Å². The molecule has 4 aliphatic heterocycles. The highest BCUT2D eigenvalue weighted by molar-refractivity contribution is 6.91. The highest BCUT2D eigenvalue weighted by Gasteiger charge is 2.65. The van der Waals surface area contributed by atoms with Crippen LogP contribution < -0.4 is 20.1 Å². The zero-order valence-electron chi connectivity index (χ0n) is 24.9. The predicted octanol–water partition coefficient (Wildman–Crippen LogP) is 3.36. The Kier molecular flexibility index (Phi) is 7.43. The number of ether oxygens (including phenoxy) is 2. The molecule has 3 fully saturated rings. The number of carbonyl (C=O) groups is 3. The van der Waals surface area contributed by atoms with E-state index in [1.165, 1.54) is 5.19 Å². The maximum absolute atomic E-state index is 14.0. The first-order valence-electron chi connectivity index (χ1n) is 15.1. The van der Waals surface area contributed by atoms with E-state index in [2.05, 4.69) is 37.5 Å². The lowest BCUT2D eigenvalue weighted by Crippen LogP contribution is -2.52. The number of amides is 3. The van der Waals surface area contributed by atoms with Gasteiger partial charge in [0.2, 0.25) is 11.8 Å². The SMILES string of the molecule is COc1ccc([Si](C)(C)[C@H]2[C@H](CC(=O)N3CCC[C@H]3CO)O[C@@]3(C(=O)Nc4ccc(N5CCCC5=O)cc43)[C@@H]2C)cc1. The van der Waals surface area contributed by atoms with Gasteiger partial charge in [-0.3, -0.25) is 14.4 Å². The largest absolute Gasteiger partial charge is 0.497 e. The van der Waals surface area contributed by atoms with E-state index in [0.29, 0.717) is 25.2 Å². The minimum atomic E-state index is -2.38. The molecule has 2 N–H and O–H groups in total. The molecule has 42 heavy (non-hydrogen) atoms. The summed E-state index contributed by atoms with van der Waals surface area (Å²) < 4.78 is 12.4. The zero-order chi connectivity index (χ0) is 29.8. The fourth-order valence-corrected chi connectivity index (χ4v) is 12.1. The molecule has 0 aromatic heterocycles. The molecule has 0 bridgehead atoms. The second-order valence-electron chi connectivity index (χ2n) is 12.8. The summed E-state index contributed by atoms with van der Waals surface area (Å²) in [5.41, 5.74) is 0.858. The van der Waals surface area contributed by atoms with E-state index >= 15 is 0 Å². The molecule has 3 amide bonds. The fourth-order valence-electron chi connectivity index (χ4n) is 8.05. The molecule has 9 nitrogen and oxygen atoms in total. The number of benzene rings is 2. The molecule has 2 aromatic carbocycles. The van der Waals surface area contributed by atoms with Gasteiger partial charge < -0.3 is 29.7 Å². The molecule has 1 spiro atoms. The van der Waals surface area contributed by atoms with Crippen LogP contribution in [0.15, 0.2) is 42.5 Å². The van der Waals surface area contributed by atoms with Crippen molar-refractivity contribution in [2.24, 2.45) is 5.92 Å². The van der Waals surface area contributed by atoms with Crippen molar-refractivity contribution in [2.75, 3.05) is 37.0 Å². The number of anilines is 2. The molecule has 4 heterocycles. The van der Waals surface area contributed by atoms with E-state index in [1.807, 2.05) is 30.3 Å². The highest BCUT2D eigenvalue weighted by Crippen LogP contribution is 2.59. The van der Waals surface area contributed by atoms with Gasteiger partial charge in [0.05, 0.1) is 40.4 Å². The van der Waals surface area contributed by atoms with Crippen LogP contribution in [0.25, 0.3) is 0 Å². The number of rotatable bonds is 7. The van der Waals surface area contributed by atoms with Gasteiger partial charge in [-0.25, -0.2) is 0 Å². The minimum Gasteiger partial charge on any atom is -0.497 e. The molecule has 0 saturated carbocycles. The standard InChI is InChI=1S/C32H41N3O6Si/c1-20-30(42(3,4)24-12-10-23(40-2)11-13-24)27(18-29(38)35-15-5-7-22(35)19-36)41-32(20)25-17-21(34-16-6-8-28(34)37)9-14-26(25)33-31(32)39/h9-14,17,20,22,27,30,36H,5-8,15-16,18-19H2,1-4H3,(H,33,39)/t20-,22+,27+,30-,32+/m1/s1. The third-order valence-electron chi connectivity index (χ3n) is 10.2. The monoisotopic (exact) mass is 591 g/mol. The van der Waals surface area contributed by atoms with Crippen molar-refractivity contribution in [1.82, 2.24) is 4.90 Å². The van der Waals surface area contributed by atoms with E-state index in [0.717, 1.165) is 36.3 Å². The molecular formula is C32H41N3O6Si. The number of hydrogen-bond acceptors (Lipinski definition) is 6. The maximum atomic E-state index is 14.0. The average Bonchev–Trinajstić information content (AvgIpc) is 3.75. The average molecular weight is 592 g/mol. The van der Waals surface area contributed by atoms with Crippen LogP contribution >= 0.6 is 0 Å². The summed E-state index contributed by atoms with van der Waals surface area (Å²) >= 11 is 0. The van der Waals surface area contributed by atoms with Gasteiger partial charge in [-0.1, -0.05) is 37.3 Å². The molecule has 0 radical (unpaired) electrons. The lowest BCUT2D eigenvalue weighted by atomic mass is 9.82. The van der Waals surface area contributed by atoms with Crippen molar-refractivity contribution in [3.8, 4) is 5.75 Å².